The molecule has 0 aromatic carbocycles. The second-order valence-electron chi connectivity index (χ2n) is 6.88. The van der Waals surface area contributed by atoms with Gasteiger partial charge in [0.1, 0.15) is 11.5 Å². The summed E-state index contributed by atoms with van der Waals surface area (Å²) in [5.41, 5.74) is 4.03. The summed E-state index contributed by atoms with van der Waals surface area (Å²) in [6, 6.07) is 5.74. The molecule has 0 radical (unpaired) electrons. The van der Waals surface area contributed by atoms with Gasteiger partial charge >= 0.3 is 5.69 Å². The summed E-state index contributed by atoms with van der Waals surface area (Å²) in [4.78, 5) is 29.8. The predicted octanol–water partition coefficient (Wildman–Crippen LogP) is 1.03. The molecule has 138 valence electrons. The van der Waals surface area contributed by atoms with Crippen molar-refractivity contribution in [2.45, 2.75) is 18.9 Å². The van der Waals surface area contributed by atoms with Crippen molar-refractivity contribution in [3.63, 3.8) is 0 Å². The standard InChI is InChI=1S/C18H19N7O2/c26-18-22-14-9-21-17-13(5-6-19-17)16(14)25(18)12-2-1-7-24(10-12)15-4-3-11(23-27)8-20-15/h3-6,8-9,12,23,27H,1-2,7,10H2,(H,19,21)(H,22,26)/p+1. The second kappa shape index (κ2) is 6.22. The summed E-state index contributed by atoms with van der Waals surface area (Å²) in [5, 5.41) is 10.0. The third kappa shape index (κ3) is 2.59. The van der Waals surface area contributed by atoms with Crippen LogP contribution in [0.3, 0.4) is 0 Å². The van der Waals surface area contributed by atoms with E-state index in [9.17, 15) is 4.79 Å². The van der Waals surface area contributed by atoms with E-state index in [0.29, 0.717) is 12.2 Å². The van der Waals surface area contributed by atoms with E-state index >= 15 is 0 Å². The number of pyridine rings is 2. The number of anilines is 1. The maximum Gasteiger partial charge on any atom is 0.326 e. The van der Waals surface area contributed by atoms with E-state index in [1.807, 2.05) is 29.0 Å². The average molecular weight is 366 g/mol. The Balaban J connectivity index is 1.55. The highest BCUT2D eigenvalue weighted by atomic mass is 16.5. The molecule has 1 fully saturated rings. The van der Waals surface area contributed by atoms with Gasteiger partial charge in [-0.05, 0) is 25.0 Å². The topological polar surface area (TPSA) is 119 Å². The number of imidazole rings is 1. The van der Waals surface area contributed by atoms with Crippen molar-refractivity contribution in [2.24, 2.45) is 0 Å². The Kier molecular flexibility index (Phi) is 3.69. The minimum atomic E-state index is -0.106. The highest BCUT2D eigenvalue weighted by Gasteiger charge is 2.26. The van der Waals surface area contributed by atoms with E-state index in [1.54, 1.807) is 12.4 Å². The summed E-state index contributed by atoms with van der Waals surface area (Å²) in [5.74, 6) is 0.853. The number of H-pyrrole nitrogens is 2. The fraction of sp³-hybridized carbons (Fsp3) is 0.278. The maximum atomic E-state index is 12.7. The van der Waals surface area contributed by atoms with E-state index in [-0.39, 0.29) is 11.7 Å². The highest BCUT2D eigenvalue weighted by Crippen LogP contribution is 2.29. The molecule has 9 heteroatoms. The van der Waals surface area contributed by atoms with Crippen molar-refractivity contribution in [3.05, 3.63) is 47.3 Å². The number of aromatic amines is 2. The molecular formula is C18H20N7O2+. The zero-order valence-electron chi connectivity index (χ0n) is 14.6. The fourth-order valence-electron chi connectivity index (χ4n) is 4.00. The number of piperidine rings is 1. The SMILES string of the molecule is O=c1[nH]c2cnc3[nH]ccc3c2n1C1CCCN(c2ccc([NH2+]O)cn2)C1. The summed E-state index contributed by atoms with van der Waals surface area (Å²) < 4.78 is 1.87. The molecule has 1 aliphatic rings. The third-order valence-electron chi connectivity index (χ3n) is 5.26. The molecule has 1 unspecified atom stereocenters. The third-order valence-corrected chi connectivity index (χ3v) is 5.26. The number of nitrogens with zero attached hydrogens (tertiary/aromatic N) is 4. The Labute approximate surface area is 153 Å². The van der Waals surface area contributed by atoms with E-state index in [1.165, 1.54) is 0 Å². The molecule has 0 aliphatic carbocycles. The first kappa shape index (κ1) is 16.0. The van der Waals surface area contributed by atoms with Gasteiger partial charge in [-0.25, -0.2) is 20.0 Å². The number of aromatic nitrogens is 5. The number of quaternary nitrogens is 1. The molecule has 5 N–H and O–H groups in total. The van der Waals surface area contributed by atoms with Crippen LogP contribution < -0.4 is 16.1 Å². The van der Waals surface area contributed by atoms with Crippen LogP contribution in [0.15, 0.2) is 41.6 Å². The van der Waals surface area contributed by atoms with Crippen molar-refractivity contribution < 1.29 is 10.7 Å². The van der Waals surface area contributed by atoms with Gasteiger partial charge in [0.25, 0.3) is 0 Å². The van der Waals surface area contributed by atoms with Crippen LogP contribution in [0.25, 0.3) is 22.1 Å². The first-order chi connectivity index (χ1) is 13.2. The van der Waals surface area contributed by atoms with E-state index in [0.717, 1.165) is 52.8 Å². The molecule has 1 saturated heterocycles. The van der Waals surface area contributed by atoms with Crippen molar-refractivity contribution in [1.29, 1.82) is 0 Å². The molecule has 4 aromatic heterocycles. The van der Waals surface area contributed by atoms with Crippen molar-refractivity contribution in [3.8, 4) is 0 Å². The average Bonchev–Trinajstić information content (AvgIpc) is 3.31. The molecule has 27 heavy (non-hydrogen) atoms. The summed E-state index contributed by atoms with van der Waals surface area (Å²) in [6.07, 6.45) is 7.10. The largest absolute Gasteiger partial charge is 0.355 e. The zero-order chi connectivity index (χ0) is 18.4. The quantitative estimate of drug-likeness (QED) is 0.404. The molecule has 1 aliphatic heterocycles. The molecule has 9 nitrogen and oxygen atoms in total. The number of nitrogens with two attached hydrogens (primary N) is 1. The lowest BCUT2D eigenvalue weighted by Gasteiger charge is -2.34. The number of rotatable bonds is 3. The fourth-order valence-corrected chi connectivity index (χ4v) is 4.00. The number of fused-ring (bicyclic) bond motifs is 3. The van der Waals surface area contributed by atoms with Crippen LogP contribution in [-0.4, -0.2) is 42.8 Å². The maximum absolute atomic E-state index is 12.7. The van der Waals surface area contributed by atoms with Crippen LogP contribution in [0.5, 0.6) is 0 Å². The molecule has 1 atom stereocenters. The zero-order valence-corrected chi connectivity index (χ0v) is 14.6. The summed E-state index contributed by atoms with van der Waals surface area (Å²) in [7, 11) is 0. The van der Waals surface area contributed by atoms with E-state index < -0.39 is 0 Å². The minimum Gasteiger partial charge on any atom is -0.355 e. The van der Waals surface area contributed by atoms with Gasteiger partial charge in [-0.3, -0.25) is 4.57 Å². The molecule has 5 rings (SSSR count). The number of hydrogen-bond acceptors (Lipinski definition) is 5. The lowest BCUT2D eigenvalue weighted by atomic mass is 10.0. The minimum absolute atomic E-state index is 0.0476. The Morgan fingerprint density at radius 3 is 2.96 bits per heavy atom. The molecule has 4 aromatic rings. The highest BCUT2D eigenvalue weighted by molar-refractivity contribution is 6.00. The monoisotopic (exact) mass is 366 g/mol. The number of nitrogens with one attached hydrogen (secondary N) is 2. The van der Waals surface area contributed by atoms with E-state index in [4.69, 9.17) is 5.21 Å². The van der Waals surface area contributed by atoms with Crippen LogP contribution >= 0.6 is 0 Å². The molecule has 0 bridgehead atoms. The molecule has 0 saturated carbocycles. The lowest BCUT2D eigenvalue weighted by Crippen LogP contribution is -2.73. The molecule has 0 amide bonds. The van der Waals surface area contributed by atoms with Crippen molar-refractivity contribution in [1.82, 2.24) is 24.5 Å². The summed E-state index contributed by atoms with van der Waals surface area (Å²) >= 11 is 0. The van der Waals surface area contributed by atoms with Gasteiger partial charge in [-0.15, -0.1) is 0 Å². The Hall–Kier alpha value is -3.17. The normalized spacial score (nSPS) is 17.8. The molecule has 5 heterocycles. The smallest absolute Gasteiger partial charge is 0.326 e. The van der Waals surface area contributed by atoms with Gasteiger partial charge in [0, 0.05) is 30.7 Å². The van der Waals surface area contributed by atoms with Crippen LogP contribution in [0.2, 0.25) is 0 Å². The van der Waals surface area contributed by atoms with E-state index in [2.05, 4.69) is 24.8 Å². The van der Waals surface area contributed by atoms with Crippen molar-refractivity contribution >= 4 is 33.6 Å². The van der Waals surface area contributed by atoms with Gasteiger partial charge in [-0.2, -0.15) is 5.48 Å². The second-order valence-corrected chi connectivity index (χ2v) is 6.88. The van der Waals surface area contributed by atoms with Gasteiger partial charge in [-0.1, -0.05) is 0 Å². The van der Waals surface area contributed by atoms with Crippen LogP contribution in [0.1, 0.15) is 18.9 Å². The molecule has 0 spiro atoms. The van der Waals surface area contributed by atoms with Gasteiger partial charge in [0.2, 0.25) is 0 Å². The lowest BCUT2D eigenvalue weighted by molar-refractivity contribution is -0.825. The van der Waals surface area contributed by atoms with Crippen LogP contribution in [-0.2, 0) is 0 Å². The Morgan fingerprint density at radius 2 is 2.15 bits per heavy atom. The van der Waals surface area contributed by atoms with Crippen LogP contribution in [0, 0.1) is 0 Å². The first-order valence-corrected chi connectivity index (χ1v) is 8.99. The van der Waals surface area contributed by atoms with Gasteiger partial charge in [0.15, 0.2) is 5.69 Å². The molecular weight excluding hydrogens is 346 g/mol. The van der Waals surface area contributed by atoms with Crippen LogP contribution in [0.4, 0.5) is 11.5 Å². The van der Waals surface area contributed by atoms with Crippen molar-refractivity contribution in [2.75, 3.05) is 18.0 Å². The Morgan fingerprint density at radius 1 is 1.22 bits per heavy atom. The Bertz CT molecular complexity index is 1160. The van der Waals surface area contributed by atoms with Gasteiger partial charge < -0.3 is 14.9 Å². The van der Waals surface area contributed by atoms with Gasteiger partial charge in [0.05, 0.1) is 29.5 Å². The predicted molar refractivity (Wildman–Crippen MR) is 100 cm³/mol. The summed E-state index contributed by atoms with van der Waals surface area (Å²) in [6.45, 7) is 1.60. The first-order valence-electron chi connectivity index (χ1n) is 8.99. The number of hydrogen-bond donors (Lipinski definition) is 4.